The van der Waals surface area contributed by atoms with Gasteiger partial charge in [-0.1, -0.05) is 0 Å². The molecule has 0 unspecified atom stereocenters. The van der Waals surface area contributed by atoms with E-state index >= 15 is 0 Å². The second-order valence-corrected chi connectivity index (χ2v) is 5.86. The van der Waals surface area contributed by atoms with E-state index in [2.05, 4.69) is 10.6 Å². The van der Waals surface area contributed by atoms with Gasteiger partial charge in [0, 0.05) is 37.8 Å². The fourth-order valence-corrected chi connectivity index (χ4v) is 2.92. The van der Waals surface area contributed by atoms with Crippen LogP contribution in [0.1, 0.15) is 24.8 Å². The van der Waals surface area contributed by atoms with E-state index in [0.29, 0.717) is 17.8 Å². The normalized spacial score (nSPS) is 17.5. The zero-order chi connectivity index (χ0) is 17.7. The van der Waals surface area contributed by atoms with E-state index in [4.69, 9.17) is 0 Å². The zero-order valence-electron chi connectivity index (χ0n) is 13.9. The maximum absolute atomic E-state index is 12.1. The summed E-state index contributed by atoms with van der Waals surface area (Å²) >= 11 is 0. The van der Waals surface area contributed by atoms with Gasteiger partial charge in [0.2, 0.25) is 11.8 Å². The first-order valence-corrected chi connectivity index (χ1v) is 7.93. The van der Waals surface area contributed by atoms with E-state index in [1.165, 1.54) is 18.2 Å². The molecule has 0 spiro atoms. The largest absolute Gasteiger partial charge is 0.358 e. The summed E-state index contributed by atoms with van der Waals surface area (Å²) in [4.78, 5) is 36.2. The standard InChI is InChI=1S/C16H22N4O4/c1-11-10-12(20(23)24)5-6-13(11)18-15(21)7-9-19-8-3-4-14(19)16(22)17-2/h5-6,10,14H,3-4,7-9H2,1-2H3,(H,17,22)(H,18,21)/t14-/m1/s1. The van der Waals surface area contributed by atoms with Gasteiger partial charge >= 0.3 is 0 Å². The number of likely N-dealkylation sites (tertiary alicyclic amines) is 1. The highest BCUT2D eigenvalue weighted by Gasteiger charge is 2.29. The van der Waals surface area contributed by atoms with Crippen molar-refractivity contribution in [3.05, 3.63) is 33.9 Å². The summed E-state index contributed by atoms with van der Waals surface area (Å²) in [5.74, 6) is -0.186. The lowest BCUT2D eigenvalue weighted by atomic mass is 10.1. The molecule has 0 saturated carbocycles. The molecule has 1 aliphatic heterocycles. The van der Waals surface area contributed by atoms with Gasteiger partial charge < -0.3 is 10.6 Å². The van der Waals surface area contributed by atoms with Crippen molar-refractivity contribution >= 4 is 23.2 Å². The van der Waals surface area contributed by atoms with Crippen LogP contribution in [0, 0.1) is 17.0 Å². The van der Waals surface area contributed by atoms with Gasteiger partial charge in [-0.2, -0.15) is 0 Å². The fraction of sp³-hybridized carbons (Fsp3) is 0.500. The second-order valence-electron chi connectivity index (χ2n) is 5.86. The molecule has 0 aliphatic carbocycles. The van der Waals surface area contributed by atoms with E-state index in [1.807, 2.05) is 4.90 Å². The molecule has 2 N–H and O–H groups in total. The number of hydrogen-bond donors (Lipinski definition) is 2. The van der Waals surface area contributed by atoms with Crippen molar-refractivity contribution in [3.8, 4) is 0 Å². The summed E-state index contributed by atoms with van der Waals surface area (Å²) in [6.07, 6.45) is 2.02. The molecule has 1 fully saturated rings. The van der Waals surface area contributed by atoms with Gasteiger partial charge in [0.25, 0.3) is 5.69 Å². The van der Waals surface area contributed by atoms with Crippen LogP contribution in [0.25, 0.3) is 0 Å². The van der Waals surface area contributed by atoms with Crippen molar-refractivity contribution in [2.75, 3.05) is 25.5 Å². The summed E-state index contributed by atoms with van der Waals surface area (Å²) in [7, 11) is 1.61. The van der Waals surface area contributed by atoms with Crippen LogP contribution in [-0.4, -0.2) is 47.8 Å². The number of aryl methyl sites for hydroxylation is 1. The smallest absolute Gasteiger partial charge is 0.269 e. The number of likely N-dealkylation sites (N-methyl/N-ethyl adjacent to an activating group) is 1. The van der Waals surface area contributed by atoms with Crippen molar-refractivity contribution in [1.29, 1.82) is 0 Å². The van der Waals surface area contributed by atoms with Crippen molar-refractivity contribution in [2.24, 2.45) is 0 Å². The van der Waals surface area contributed by atoms with Gasteiger partial charge in [-0.15, -0.1) is 0 Å². The Hall–Kier alpha value is -2.48. The summed E-state index contributed by atoms with van der Waals surface area (Å²) < 4.78 is 0. The van der Waals surface area contributed by atoms with E-state index in [-0.39, 0.29) is 30.0 Å². The molecule has 0 aromatic heterocycles. The molecule has 0 radical (unpaired) electrons. The van der Waals surface area contributed by atoms with Crippen LogP contribution in [0.15, 0.2) is 18.2 Å². The number of anilines is 1. The van der Waals surface area contributed by atoms with Crippen LogP contribution in [-0.2, 0) is 9.59 Å². The third-order valence-corrected chi connectivity index (χ3v) is 4.23. The number of non-ortho nitro benzene ring substituents is 1. The monoisotopic (exact) mass is 334 g/mol. The Morgan fingerprint density at radius 1 is 1.42 bits per heavy atom. The van der Waals surface area contributed by atoms with Crippen LogP contribution in [0.3, 0.4) is 0 Å². The molecule has 2 rings (SSSR count). The van der Waals surface area contributed by atoms with Crippen LogP contribution in [0.4, 0.5) is 11.4 Å². The molecule has 8 heteroatoms. The number of rotatable bonds is 6. The summed E-state index contributed by atoms with van der Waals surface area (Å²) in [6, 6.07) is 4.17. The summed E-state index contributed by atoms with van der Waals surface area (Å²) in [5, 5.41) is 16.1. The lowest BCUT2D eigenvalue weighted by Gasteiger charge is -2.22. The third kappa shape index (κ3) is 4.29. The highest BCUT2D eigenvalue weighted by Crippen LogP contribution is 2.22. The van der Waals surface area contributed by atoms with Crippen molar-refractivity contribution in [3.63, 3.8) is 0 Å². The Kier molecular flexibility index (Phi) is 5.86. The number of carbonyl (C=O) groups excluding carboxylic acids is 2. The average molecular weight is 334 g/mol. The molecule has 130 valence electrons. The molecule has 8 nitrogen and oxygen atoms in total. The van der Waals surface area contributed by atoms with Crippen molar-refractivity contribution in [2.45, 2.75) is 32.2 Å². The van der Waals surface area contributed by atoms with Crippen molar-refractivity contribution in [1.82, 2.24) is 10.2 Å². The minimum Gasteiger partial charge on any atom is -0.358 e. The molecule has 1 atom stereocenters. The van der Waals surface area contributed by atoms with Gasteiger partial charge in [0.15, 0.2) is 0 Å². The quantitative estimate of drug-likeness (QED) is 0.605. The number of nitro benzene ring substituents is 1. The first kappa shape index (κ1) is 17.9. The van der Waals surface area contributed by atoms with Crippen molar-refractivity contribution < 1.29 is 14.5 Å². The molecule has 1 aliphatic rings. The minimum absolute atomic E-state index is 0.00372. The topological polar surface area (TPSA) is 105 Å². The number of amides is 2. The summed E-state index contributed by atoms with van der Waals surface area (Å²) in [5.41, 5.74) is 1.20. The van der Waals surface area contributed by atoms with Gasteiger partial charge in [-0.3, -0.25) is 24.6 Å². The molecule has 1 aromatic carbocycles. The SMILES string of the molecule is CNC(=O)[C@H]1CCCN1CCC(=O)Nc1ccc([N+](=O)[O-])cc1C. The maximum atomic E-state index is 12.1. The van der Waals surface area contributed by atoms with Crippen LogP contribution in [0.2, 0.25) is 0 Å². The van der Waals surface area contributed by atoms with E-state index < -0.39 is 4.92 Å². The average Bonchev–Trinajstić information content (AvgIpc) is 3.02. The Morgan fingerprint density at radius 2 is 2.17 bits per heavy atom. The Labute approximate surface area is 140 Å². The van der Waals surface area contributed by atoms with E-state index in [1.54, 1.807) is 14.0 Å². The van der Waals surface area contributed by atoms with Crippen LogP contribution in [0.5, 0.6) is 0 Å². The van der Waals surface area contributed by atoms with Crippen LogP contribution < -0.4 is 10.6 Å². The number of carbonyl (C=O) groups is 2. The third-order valence-electron chi connectivity index (χ3n) is 4.23. The fourth-order valence-electron chi connectivity index (χ4n) is 2.92. The number of hydrogen-bond acceptors (Lipinski definition) is 5. The molecular formula is C16H22N4O4. The zero-order valence-corrected chi connectivity index (χ0v) is 13.9. The molecule has 1 saturated heterocycles. The molecule has 1 heterocycles. The predicted molar refractivity (Wildman–Crippen MR) is 89.7 cm³/mol. The van der Waals surface area contributed by atoms with Gasteiger partial charge in [-0.25, -0.2) is 0 Å². The first-order valence-electron chi connectivity index (χ1n) is 7.93. The lowest BCUT2D eigenvalue weighted by molar-refractivity contribution is -0.384. The summed E-state index contributed by atoms with van der Waals surface area (Å²) in [6.45, 7) is 3.03. The molecule has 0 bridgehead atoms. The van der Waals surface area contributed by atoms with Gasteiger partial charge in [0.1, 0.15) is 0 Å². The maximum Gasteiger partial charge on any atom is 0.269 e. The Balaban J connectivity index is 1.89. The highest BCUT2D eigenvalue weighted by atomic mass is 16.6. The number of nitrogens with one attached hydrogen (secondary N) is 2. The second kappa shape index (κ2) is 7.87. The van der Waals surface area contributed by atoms with Gasteiger partial charge in [0.05, 0.1) is 11.0 Å². The molecule has 2 amide bonds. The van der Waals surface area contributed by atoms with E-state index in [9.17, 15) is 19.7 Å². The number of nitro groups is 1. The Bertz CT molecular complexity index is 647. The van der Waals surface area contributed by atoms with E-state index in [0.717, 1.165) is 19.4 Å². The lowest BCUT2D eigenvalue weighted by Crippen LogP contribution is -2.42. The first-order chi connectivity index (χ1) is 11.4. The highest BCUT2D eigenvalue weighted by molar-refractivity contribution is 5.91. The predicted octanol–water partition coefficient (Wildman–Crippen LogP) is 1.44. The van der Waals surface area contributed by atoms with Crippen LogP contribution >= 0.6 is 0 Å². The number of nitrogens with zero attached hydrogens (tertiary/aromatic N) is 2. The minimum atomic E-state index is -0.467. The Morgan fingerprint density at radius 3 is 2.79 bits per heavy atom. The molecular weight excluding hydrogens is 312 g/mol. The molecule has 24 heavy (non-hydrogen) atoms. The molecule has 1 aromatic rings. The van der Waals surface area contributed by atoms with Gasteiger partial charge in [-0.05, 0) is 37.9 Å². The number of benzene rings is 1.